The Morgan fingerprint density at radius 1 is 1.47 bits per heavy atom. The lowest BCUT2D eigenvalue weighted by atomic mass is 10.1. The van der Waals surface area contributed by atoms with E-state index in [2.05, 4.69) is 27.6 Å². The fraction of sp³-hybridized carbons (Fsp3) is 0.538. The first-order valence-corrected chi connectivity index (χ1v) is 8.60. The van der Waals surface area contributed by atoms with Gasteiger partial charge in [0.05, 0.1) is 11.5 Å². The van der Waals surface area contributed by atoms with Gasteiger partial charge in [0, 0.05) is 11.0 Å². The van der Waals surface area contributed by atoms with Crippen LogP contribution in [0.15, 0.2) is 27.6 Å². The summed E-state index contributed by atoms with van der Waals surface area (Å²) in [6.45, 7) is 2.44. The number of hydrogen-bond donors (Lipinski definition) is 2. The van der Waals surface area contributed by atoms with Crippen molar-refractivity contribution in [2.45, 2.75) is 31.3 Å². The molecule has 0 heterocycles. The first kappa shape index (κ1) is 15.0. The Labute approximate surface area is 122 Å². The first-order valence-electron chi connectivity index (χ1n) is 6.33. The molecular weight excluding hydrogens is 330 g/mol. The van der Waals surface area contributed by atoms with Crippen LogP contribution in [0.25, 0.3) is 0 Å². The van der Waals surface area contributed by atoms with Crippen LogP contribution < -0.4 is 4.72 Å². The van der Waals surface area contributed by atoms with Crippen LogP contribution in [0.1, 0.15) is 25.3 Å². The maximum absolute atomic E-state index is 12.2. The van der Waals surface area contributed by atoms with E-state index in [-0.39, 0.29) is 11.5 Å². The molecule has 0 aromatic heterocycles. The number of benzene rings is 1. The lowest BCUT2D eigenvalue weighted by Gasteiger charge is -2.13. The standard InChI is InChI=1S/C13H18BrNO3S/c1-9(11-3-4-11)7-15-19(17,18)13-5-2-10(8-16)6-12(13)14/h2,5-6,9,11,15-16H,3-4,7-8H2,1H3. The molecule has 0 saturated heterocycles. The Balaban J connectivity index is 2.09. The minimum atomic E-state index is -3.50. The Morgan fingerprint density at radius 3 is 2.68 bits per heavy atom. The molecular formula is C13H18BrNO3S. The van der Waals surface area contributed by atoms with E-state index in [1.54, 1.807) is 12.1 Å². The highest BCUT2D eigenvalue weighted by Gasteiger charge is 2.29. The summed E-state index contributed by atoms with van der Waals surface area (Å²) < 4.78 is 27.5. The molecule has 106 valence electrons. The van der Waals surface area contributed by atoms with Crippen LogP contribution in [0, 0.1) is 11.8 Å². The Kier molecular flexibility index (Phi) is 4.66. The van der Waals surface area contributed by atoms with Crippen molar-refractivity contribution in [3.8, 4) is 0 Å². The van der Waals surface area contributed by atoms with Crippen LogP contribution in [0.2, 0.25) is 0 Å². The normalized spacial score (nSPS) is 17.4. The molecule has 1 saturated carbocycles. The van der Waals surface area contributed by atoms with Gasteiger partial charge in [0.1, 0.15) is 0 Å². The molecule has 1 aliphatic rings. The highest BCUT2D eigenvalue weighted by molar-refractivity contribution is 9.10. The summed E-state index contributed by atoms with van der Waals surface area (Å²) >= 11 is 3.24. The second kappa shape index (κ2) is 5.91. The second-order valence-electron chi connectivity index (χ2n) is 5.09. The van der Waals surface area contributed by atoms with Gasteiger partial charge in [0.2, 0.25) is 10.0 Å². The van der Waals surface area contributed by atoms with E-state index in [1.807, 2.05) is 0 Å². The number of sulfonamides is 1. The van der Waals surface area contributed by atoms with Gasteiger partial charge in [-0.15, -0.1) is 0 Å². The maximum Gasteiger partial charge on any atom is 0.241 e. The summed E-state index contributed by atoms with van der Waals surface area (Å²) in [4.78, 5) is 0.215. The predicted octanol–water partition coefficient (Wildman–Crippen LogP) is 2.27. The third-order valence-corrected chi connectivity index (χ3v) is 5.89. The van der Waals surface area contributed by atoms with Crippen LogP contribution in [-0.4, -0.2) is 20.1 Å². The summed E-state index contributed by atoms with van der Waals surface area (Å²) in [6, 6.07) is 4.75. The quantitative estimate of drug-likeness (QED) is 0.829. The van der Waals surface area contributed by atoms with Gasteiger partial charge in [0.25, 0.3) is 0 Å². The summed E-state index contributed by atoms with van der Waals surface area (Å²) in [7, 11) is -3.50. The van der Waals surface area contributed by atoms with Crippen LogP contribution in [-0.2, 0) is 16.6 Å². The Bertz CT molecular complexity index is 555. The molecule has 1 aliphatic carbocycles. The number of halogens is 1. The molecule has 1 atom stereocenters. The van der Waals surface area contributed by atoms with Crippen molar-refractivity contribution in [2.75, 3.05) is 6.54 Å². The first-order chi connectivity index (χ1) is 8.94. The second-order valence-corrected chi connectivity index (χ2v) is 7.68. The van der Waals surface area contributed by atoms with Gasteiger partial charge >= 0.3 is 0 Å². The predicted molar refractivity (Wildman–Crippen MR) is 77.1 cm³/mol. The van der Waals surface area contributed by atoms with E-state index in [0.717, 1.165) is 0 Å². The lowest BCUT2D eigenvalue weighted by Crippen LogP contribution is -2.29. The maximum atomic E-state index is 12.2. The highest BCUT2D eigenvalue weighted by Crippen LogP contribution is 2.36. The van der Waals surface area contributed by atoms with E-state index in [9.17, 15) is 8.42 Å². The highest BCUT2D eigenvalue weighted by atomic mass is 79.9. The molecule has 0 bridgehead atoms. The monoisotopic (exact) mass is 347 g/mol. The van der Waals surface area contributed by atoms with Gasteiger partial charge in [-0.1, -0.05) is 13.0 Å². The molecule has 0 amide bonds. The van der Waals surface area contributed by atoms with E-state index in [4.69, 9.17) is 5.11 Å². The largest absolute Gasteiger partial charge is 0.392 e. The molecule has 1 aromatic rings. The van der Waals surface area contributed by atoms with Gasteiger partial charge < -0.3 is 5.11 Å². The molecule has 0 spiro atoms. The van der Waals surface area contributed by atoms with Crippen molar-refractivity contribution in [1.82, 2.24) is 4.72 Å². The molecule has 19 heavy (non-hydrogen) atoms. The molecule has 1 aromatic carbocycles. The van der Waals surface area contributed by atoms with Crippen LogP contribution >= 0.6 is 15.9 Å². The number of aliphatic hydroxyl groups is 1. The van der Waals surface area contributed by atoms with Gasteiger partial charge in [-0.3, -0.25) is 0 Å². The third kappa shape index (κ3) is 3.78. The summed E-state index contributed by atoms with van der Waals surface area (Å²) in [5.74, 6) is 1.05. The van der Waals surface area contributed by atoms with Crippen LogP contribution in [0.5, 0.6) is 0 Å². The molecule has 1 unspecified atom stereocenters. The Morgan fingerprint density at radius 2 is 2.16 bits per heavy atom. The van der Waals surface area contributed by atoms with Crippen molar-refractivity contribution >= 4 is 26.0 Å². The molecule has 0 aliphatic heterocycles. The molecule has 4 nitrogen and oxygen atoms in total. The Hall–Kier alpha value is -0.430. The summed E-state index contributed by atoms with van der Waals surface area (Å²) in [5.41, 5.74) is 0.678. The van der Waals surface area contributed by atoms with Gasteiger partial charge in [-0.05, 0) is 58.3 Å². The molecule has 6 heteroatoms. The van der Waals surface area contributed by atoms with Crippen molar-refractivity contribution < 1.29 is 13.5 Å². The summed E-state index contributed by atoms with van der Waals surface area (Å²) in [5, 5.41) is 9.01. The van der Waals surface area contributed by atoms with E-state index >= 15 is 0 Å². The van der Waals surface area contributed by atoms with Crippen molar-refractivity contribution in [3.05, 3.63) is 28.2 Å². The van der Waals surface area contributed by atoms with Crippen LogP contribution in [0.4, 0.5) is 0 Å². The van der Waals surface area contributed by atoms with E-state index in [0.29, 0.717) is 28.4 Å². The zero-order chi connectivity index (χ0) is 14.0. The minimum absolute atomic E-state index is 0.106. The average Bonchev–Trinajstić information content (AvgIpc) is 3.19. The molecule has 0 radical (unpaired) electrons. The molecule has 2 rings (SSSR count). The zero-order valence-electron chi connectivity index (χ0n) is 10.8. The van der Waals surface area contributed by atoms with E-state index < -0.39 is 10.0 Å². The summed E-state index contributed by atoms with van der Waals surface area (Å²) in [6.07, 6.45) is 2.41. The smallest absolute Gasteiger partial charge is 0.241 e. The number of rotatable bonds is 6. The fourth-order valence-electron chi connectivity index (χ4n) is 2.01. The molecule has 1 fully saturated rings. The van der Waals surface area contributed by atoms with Crippen molar-refractivity contribution in [3.63, 3.8) is 0 Å². The fourth-order valence-corrected chi connectivity index (χ4v) is 4.28. The third-order valence-electron chi connectivity index (χ3n) is 3.49. The minimum Gasteiger partial charge on any atom is -0.392 e. The van der Waals surface area contributed by atoms with Crippen LogP contribution in [0.3, 0.4) is 0 Å². The van der Waals surface area contributed by atoms with Gasteiger partial charge in [-0.25, -0.2) is 13.1 Å². The number of nitrogens with one attached hydrogen (secondary N) is 1. The van der Waals surface area contributed by atoms with Crippen molar-refractivity contribution in [1.29, 1.82) is 0 Å². The zero-order valence-corrected chi connectivity index (χ0v) is 13.2. The van der Waals surface area contributed by atoms with Gasteiger partial charge in [-0.2, -0.15) is 0 Å². The van der Waals surface area contributed by atoms with Crippen molar-refractivity contribution in [2.24, 2.45) is 11.8 Å². The average molecular weight is 348 g/mol. The van der Waals surface area contributed by atoms with Gasteiger partial charge in [0.15, 0.2) is 0 Å². The SMILES string of the molecule is CC(CNS(=O)(=O)c1ccc(CO)cc1Br)C1CC1. The lowest BCUT2D eigenvalue weighted by molar-refractivity contribution is 0.281. The number of aliphatic hydroxyl groups excluding tert-OH is 1. The number of hydrogen-bond acceptors (Lipinski definition) is 3. The molecule has 2 N–H and O–H groups in total. The topological polar surface area (TPSA) is 66.4 Å². The van der Waals surface area contributed by atoms with E-state index in [1.165, 1.54) is 18.9 Å².